The van der Waals surface area contributed by atoms with Crippen LogP contribution in [0.4, 0.5) is 5.69 Å². The maximum atomic E-state index is 12.9. The van der Waals surface area contributed by atoms with Gasteiger partial charge in [0.25, 0.3) is 0 Å². The largest absolute Gasteiger partial charge is 0.495 e. The molecule has 0 saturated heterocycles. The maximum Gasteiger partial charge on any atom is 0.238 e. The molecule has 0 saturated carbocycles. The number of halogens is 1. The Morgan fingerprint density at radius 2 is 2.18 bits per heavy atom. The number of aryl methyl sites for hydroxylation is 1. The minimum Gasteiger partial charge on any atom is -0.495 e. The van der Waals surface area contributed by atoms with Gasteiger partial charge in [-0.15, -0.1) is 22.7 Å². The minimum absolute atomic E-state index is 0.0553. The number of ether oxygens (including phenoxy) is 1. The van der Waals surface area contributed by atoms with E-state index in [1.807, 2.05) is 13.0 Å². The summed E-state index contributed by atoms with van der Waals surface area (Å²) in [6.07, 6.45) is 0.978. The molecule has 4 rings (SSSR count). The SMILES string of the molecule is COc1cc(Cl)c(C)cc1NC(=O)CN1CCc2sccc2C1c1cccs1. The molecule has 146 valence electrons. The molecule has 7 heteroatoms. The number of thiophene rings is 2. The fraction of sp³-hybridized carbons (Fsp3) is 0.286. The number of methoxy groups -OCH3 is 1. The zero-order chi connectivity index (χ0) is 19.7. The molecule has 0 bridgehead atoms. The van der Waals surface area contributed by atoms with Gasteiger partial charge in [0.05, 0.1) is 25.4 Å². The number of nitrogens with one attached hydrogen (secondary N) is 1. The van der Waals surface area contributed by atoms with Crippen LogP contribution in [0.5, 0.6) is 5.75 Å². The van der Waals surface area contributed by atoms with Gasteiger partial charge in [-0.1, -0.05) is 17.7 Å². The second kappa shape index (κ2) is 8.25. The molecular formula is C21H21ClN2O2S2. The van der Waals surface area contributed by atoms with Crippen molar-refractivity contribution in [2.75, 3.05) is 25.5 Å². The predicted octanol–water partition coefficient (Wildman–Crippen LogP) is 5.37. The molecular weight excluding hydrogens is 412 g/mol. The molecule has 1 amide bonds. The van der Waals surface area contributed by atoms with E-state index in [4.69, 9.17) is 16.3 Å². The van der Waals surface area contributed by atoms with E-state index in [1.54, 1.807) is 35.8 Å². The normalized spacial score (nSPS) is 16.6. The first-order chi connectivity index (χ1) is 13.6. The third kappa shape index (κ3) is 3.82. The van der Waals surface area contributed by atoms with Gasteiger partial charge in [0.1, 0.15) is 5.75 Å². The molecule has 3 heterocycles. The molecule has 1 unspecified atom stereocenters. The molecule has 0 radical (unpaired) electrons. The average Bonchev–Trinajstić information content (AvgIpc) is 3.36. The predicted molar refractivity (Wildman–Crippen MR) is 117 cm³/mol. The zero-order valence-electron chi connectivity index (χ0n) is 15.7. The van der Waals surface area contributed by atoms with Crippen molar-refractivity contribution >= 4 is 45.9 Å². The van der Waals surface area contributed by atoms with E-state index in [0.717, 1.165) is 18.5 Å². The summed E-state index contributed by atoms with van der Waals surface area (Å²) in [5.41, 5.74) is 2.87. The van der Waals surface area contributed by atoms with Crippen LogP contribution in [0.25, 0.3) is 0 Å². The highest BCUT2D eigenvalue weighted by Crippen LogP contribution is 2.39. The van der Waals surface area contributed by atoms with Crippen molar-refractivity contribution in [2.24, 2.45) is 0 Å². The fourth-order valence-corrected chi connectivity index (χ4v) is 5.56. The first-order valence-electron chi connectivity index (χ1n) is 9.04. The molecule has 4 nitrogen and oxygen atoms in total. The topological polar surface area (TPSA) is 41.6 Å². The van der Waals surface area contributed by atoms with Gasteiger partial charge >= 0.3 is 0 Å². The summed E-state index contributed by atoms with van der Waals surface area (Å²) in [5, 5.41) is 7.86. The Balaban J connectivity index is 1.55. The summed E-state index contributed by atoms with van der Waals surface area (Å²) in [5.74, 6) is 0.512. The second-order valence-electron chi connectivity index (χ2n) is 6.79. The number of fused-ring (bicyclic) bond motifs is 1. The van der Waals surface area contributed by atoms with Crippen molar-refractivity contribution < 1.29 is 9.53 Å². The number of nitrogens with zero attached hydrogens (tertiary/aromatic N) is 1. The van der Waals surface area contributed by atoms with E-state index in [9.17, 15) is 4.79 Å². The standard InChI is InChI=1S/C21H21ClN2O2S2/c1-13-10-16(17(26-2)11-15(13)22)23-20(25)12-24-7-5-18-14(6-9-28-18)21(24)19-4-3-8-27-19/h3-4,6,8-11,21H,5,7,12H2,1-2H3,(H,23,25). The molecule has 0 aliphatic carbocycles. The number of benzene rings is 1. The molecule has 1 aliphatic rings. The van der Waals surface area contributed by atoms with Gasteiger partial charge in [-0.05, 0) is 53.4 Å². The number of rotatable bonds is 5. The quantitative estimate of drug-likeness (QED) is 0.589. The van der Waals surface area contributed by atoms with Gasteiger partial charge in [0, 0.05) is 27.4 Å². The van der Waals surface area contributed by atoms with Crippen molar-refractivity contribution in [1.29, 1.82) is 0 Å². The lowest BCUT2D eigenvalue weighted by Crippen LogP contribution is -2.40. The van der Waals surface area contributed by atoms with E-state index >= 15 is 0 Å². The summed E-state index contributed by atoms with van der Waals surface area (Å²) in [7, 11) is 1.58. The van der Waals surface area contributed by atoms with Gasteiger partial charge in [0.15, 0.2) is 0 Å². The monoisotopic (exact) mass is 432 g/mol. The molecule has 28 heavy (non-hydrogen) atoms. The van der Waals surface area contributed by atoms with E-state index in [2.05, 4.69) is 39.2 Å². The van der Waals surface area contributed by atoms with Crippen LogP contribution in [-0.2, 0) is 11.2 Å². The third-order valence-corrected chi connectivity index (χ3v) is 7.31. The Morgan fingerprint density at radius 1 is 1.32 bits per heavy atom. The summed E-state index contributed by atoms with van der Waals surface area (Å²) in [6, 6.07) is 10.1. The molecule has 2 aromatic heterocycles. The second-order valence-corrected chi connectivity index (χ2v) is 9.17. The Morgan fingerprint density at radius 3 is 2.93 bits per heavy atom. The Hall–Kier alpha value is -1.86. The summed E-state index contributed by atoms with van der Waals surface area (Å²) in [4.78, 5) is 17.8. The van der Waals surface area contributed by atoms with Gasteiger partial charge in [-0.2, -0.15) is 0 Å². The van der Waals surface area contributed by atoms with Crippen molar-refractivity contribution in [3.8, 4) is 5.75 Å². The lowest BCUT2D eigenvalue weighted by Gasteiger charge is -2.34. The van der Waals surface area contributed by atoms with Crippen LogP contribution >= 0.6 is 34.3 Å². The lowest BCUT2D eigenvalue weighted by atomic mass is 9.98. The van der Waals surface area contributed by atoms with E-state index < -0.39 is 0 Å². The van der Waals surface area contributed by atoms with Gasteiger partial charge in [0.2, 0.25) is 5.91 Å². The Kier molecular flexibility index (Phi) is 5.73. The van der Waals surface area contributed by atoms with Crippen LogP contribution in [0.2, 0.25) is 5.02 Å². The van der Waals surface area contributed by atoms with Gasteiger partial charge in [-0.3, -0.25) is 9.69 Å². The van der Waals surface area contributed by atoms with Crippen molar-refractivity contribution in [1.82, 2.24) is 4.90 Å². The van der Waals surface area contributed by atoms with Crippen molar-refractivity contribution in [3.05, 3.63) is 67.0 Å². The van der Waals surface area contributed by atoms with E-state index in [-0.39, 0.29) is 11.9 Å². The zero-order valence-corrected chi connectivity index (χ0v) is 18.1. The molecule has 0 spiro atoms. The number of carbonyl (C=O) groups is 1. The van der Waals surface area contributed by atoms with Crippen LogP contribution in [0, 0.1) is 6.92 Å². The highest BCUT2D eigenvalue weighted by atomic mass is 35.5. The molecule has 1 N–H and O–H groups in total. The summed E-state index contributed by atoms with van der Waals surface area (Å²) in [6.45, 7) is 3.09. The van der Waals surface area contributed by atoms with Crippen LogP contribution in [0.1, 0.15) is 26.9 Å². The third-order valence-electron chi connectivity index (χ3n) is 4.98. The lowest BCUT2D eigenvalue weighted by molar-refractivity contribution is -0.117. The van der Waals surface area contributed by atoms with Crippen LogP contribution < -0.4 is 10.1 Å². The van der Waals surface area contributed by atoms with Crippen LogP contribution in [0.15, 0.2) is 41.1 Å². The Bertz CT molecular complexity index is 984. The first kappa shape index (κ1) is 19.5. The van der Waals surface area contributed by atoms with Gasteiger partial charge in [-0.25, -0.2) is 0 Å². The molecule has 1 atom stereocenters. The van der Waals surface area contributed by atoms with Gasteiger partial charge < -0.3 is 10.1 Å². The molecule has 0 fully saturated rings. The number of anilines is 1. The van der Waals surface area contributed by atoms with Crippen LogP contribution in [-0.4, -0.2) is 31.0 Å². The smallest absolute Gasteiger partial charge is 0.238 e. The number of hydrogen-bond acceptors (Lipinski definition) is 5. The van der Waals surface area contributed by atoms with Crippen molar-refractivity contribution in [2.45, 2.75) is 19.4 Å². The van der Waals surface area contributed by atoms with E-state index in [0.29, 0.717) is 23.0 Å². The highest BCUT2D eigenvalue weighted by molar-refractivity contribution is 7.10. The van der Waals surface area contributed by atoms with Crippen LogP contribution in [0.3, 0.4) is 0 Å². The fourth-order valence-electron chi connectivity index (χ4n) is 3.62. The number of hydrogen-bond donors (Lipinski definition) is 1. The number of amides is 1. The highest BCUT2D eigenvalue weighted by Gasteiger charge is 2.31. The average molecular weight is 433 g/mol. The Labute approximate surface area is 177 Å². The maximum absolute atomic E-state index is 12.9. The summed E-state index contributed by atoms with van der Waals surface area (Å²) >= 11 is 9.71. The number of carbonyl (C=O) groups excluding carboxylic acids is 1. The van der Waals surface area contributed by atoms with E-state index in [1.165, 1.54) is 15.3 Å². The minimum atomic E-state index is -0.0553. The molecule has 1 aromatic carbocycles. The molecule has 1 aliphatic heterocycles. The summed E-state index contributed by atoms with van der Waals surface area (Å²) < 4.78 is 5.38. The first-order valence-corrected chi connectivity index (χ1v) is 11.2. The van der Waals surface area contributed by atoms with Crippen molar-refractivity contribution in [3.63, 3.8) is 0 Å². The molecule has 3 aromatic rings.